The van der Waals surface area contributed by atoms with Crippen molar-refractivity contribution in [3.05, 3.63) is 30.0 Å². The lowest BCUT2D eigenvalue weighted by Gasteiger charge is -2.09. The Morgan fingerprint density at radius 1 is 1.33 bits per heavy atom. The minimum absolute atomic E-state index is 0.111. The van der Waals surface area contributed by atoms with E-state index >= 15 is 0 Å². The van der Waals surface area contributed by atoms with Gasteiger partial charge < -0.3 is 10.3 Å². The maximum absolute atomic E-state index is 12.3. The SMILES string of the molecule is CC(C)NCc1cn[nH]c1S(=O)(=O)NCCc1cnc[nH]1. The molecule has 2 rings (SSSR count). The number of hydrogen-bond donors (Lipinski definition) is 4. The third-order valence-electron chi connectivity index (χ3n) is 2.89. The third kappa shape index (κ3) is 4.38. The predicted octanol–water partition coefficient (Wildman–Crippen LogP) is 0.152. The lowest BCUT2D eigenvalue weighted by molar-refractivity contribution is 0.564. The molecule has 0 radical (unpaired) electrons. The predicted molar refractivity (Wildman–Crippen MR) is 78.0 cm³/mol. The van der Waals surface area contributed by atoms with Crippen molar-refractivity contribution in [1.29, 1.82) is 0 Å². The number of rotatable bonds is 8. The fraction of sp³-hybridized carbons (Fsp3) is 0.500. The second kappa shape index (κ2) is 6.83. The van der Waals surface area contributed by atoms with E-state index in [1.807, 2.05) is 13.8 Å². The van der Waals surface area contributed by atoms with Crippen molar-refractivity contribution in [2.24, 2.45) is 0 Å². The standard InChI is InChI=1S/C12H20N6O2S/c1-9(2)14-5-10-6-16-18-12(10)21(19,20)17-4-3-11-7-13-8-15-11/h6-9,14,17H,3-5H2,1-2H3,(H,13,15)(H,16,18). The van der Waals surface area contributed by atoms with Gasteiger partial charge in [0, 0.05) is 43.0 Å². The van der Waals surface area contributed by atoms with Gasteiger partial charge in [0.05, 0.1) is 12.5 Å². The number of sulfonamides is 1. The molecule has 2 aromatic rings. The van der Waals surface area contributed by atoms with Crippen LogP contribution in [-0.4, -0.2) is 41.2 Å². The second-order valence-corrected chi connectivity index (χ2v) is 6.69. The van der Waals surface area contributed by atoms with Crippen molar-refractivity contribution in [2.75, 3.05) is 6.54 Å². The molecule has 116 valence electrons. The van der Waals surface area contributed by atoms with Crippen LogP contribution in [0.1, 0.15) is 25.1 Å². The van der Waals surface area contributed by atoms with E-state index in [1.54, 1.807) is 12.5 Å². The Hall–Kier alpha value is -1.71. The van der Waals surface area contributed by atoms with Gasteiger partial charge in [-0.25, -0.2) is 18.1 Å². The first kappa shape index (κ1) is 15.7. The molecule has 0 saturated carbocycles. The van der Waals surface area contributed by atoms with E-state index in [0.717, 1.165) is 5.69 Å². The first-order chi connectivity index (χ1) is 9.99. The zero-order valence-corrected chi connectivity index (χ0v) is 12.9. The highest BCUT2D eigenvalue weighted by atomic mass is 32.2. The molecular weight excluding hydrogens is 292 g/mol. The maximum Gasteiger partial charge on any atom is 0.257 e. The van der Waals surface area contributed by atoms with Crippen LogP contribution >= 0.6 is 0 Å². The summed E-state index contributed by atoms with van der Waals surface area (Å²) < 4.78 is 27.1. The lowest BCUT2D eigenvalue weighted by Crippen LogP contribution is -2.28. The van der Waals surface area contributed by atoms with Gasteiger partial charge in [0.1, 0.15) is 0 Å². The molecule has 0 atom stereocenters. The highest BCUT2D eigenvalue weighted by Crippen LogP contribution is 2.11. The fourth-order valence-electron chi connectivity index (χ4n) is 1.79. The number of H-pyrrole nitrogens is 2. The first-order valence-electron chi connectivity index (χ1n) is 6.71. The number of imidazole rings is 1. The maximum atomic E-state index is 12.3. The monoisotopic (exact) mass is 312 g/mol. The summed E-state index contributed by atoms with van der Waals surface area (Å²) in [4.78, 5) is 6.81. The van der Waals surface area contributed by atoms with Crippen LogP contribution in [0.25, 0.3) is 0 Å². The van der Waals surface area contributed by atoms with Crippen LogP contribution in [0.15, 0.2) is 23.7 Å². The molecule has 0 amide bonds. The third-order valence-corrected chi connectivity index (χ3v) is 4.36. The van der Waals surface area contributed by atoms with Crippen molar-refractivity contribution < 1.29 is 8.42 Å². The molecule has 9 heteroatoms. The Morgan fingerprint density at radius 2 is 2.14 bits per heavy atom. The zero-order chi connectivity index (χ0) is 15.3. The van der Waals surface area contributed by atoms with E-state index in [2.05, 4.69) is 30.2 Å². The summed E-state index contributed by atoms with van der Waals surface area (Å²) in [5.74, 6) is 0. The average molecular weight is 312 g/mol. The fourth-order valence-corrected chi connectivity index (χ4v) is 2.94. The summed E-state index contributed by atoms with van der Waals surface area (Å²) in [6.07, 6.45) is 5.31. The van der Waals surface area contributed by atoms with E-state index in [1.165, 1.54) is 6.20 Å². The molecule has 0 aromatic carbocycles. The van der Waals surface area contributed by atoms with Crippen molar-refractivity contribution in [2.45, 2.75) is 37.9 Å². The van der Waals surface area contributed by atoms with Gasteiger partial charge in [0.15, 0.2) is 5.03 Å². The van der Waals surface area contributed by atoms with Gasteiger partial charge in [-0.05, 0) is 0 Å². The zero-order valence-electron chi connectivity index (χ0n) is 12.0. The van der Waals surface area contributed by atoms with Crippen LogP contribution in [0, 0.1) is 0 Å². The molecule has 0 spiro atoms. The van der Waals surface area contributed by atoms with Crippen LogP contribution in [0.5, 0.6) is 0 Å². The molecule has 0 aliphatic rings. The summed E-state index contributed by atoms with van der Waals surface area (Å²) in [7, 11) is -3.59. The summed E-state index contributed by atoms with van der Waals surface area (Å²) in [6.45, 7) is 4.74. The Bertz CT molecular complexity index is 647. The van der Waals surface area contributed by atoms with Crippen LogP contribution < -0.4 is 10.0 Å². The van der Waals surface area contributed by atoms with Gasteiger partial charge in [0.25, 0.3) is 10.0 Å². The highest BCUT2D eigenvalue weighted by molar-refractivity contribution is 7.89. The number of aromatic nitrogens is 4. The first-order valence-corrected chi connectivity index (χ1v) is 8.20. The second-order valence-electron chi connectivity index (χ2n) is 4.98. The smallest absolute Gasteiger partial charge is 0.257 e. The van der Waals surface area contributed by atoms with Crippen LogP contribution in [0.3, 0.4) is 0 Å². The quantitative estimate of drug-likeness (QED) is 0.554. The molecule has 2 heterocycles. The average Bonchev–Trinajstić information content (AvgIpc) is 3.07. The Balaban J connectivity index is 1.97. The number of aromatic amines is 2. The lowest BCUT2D eigenvalue weighted by atomic mass is 10.3. The molecular formula is C12H20N6O2S. The molecule has 0 saturated heterocycles. The van der Waals surface area contributed by atoms with Gasteiger partial charge in [-0.15, -0.1) is 0 Å². The van der Waals surface area contributed by atoms with Gasteiger partial charge in [-0.3, -0.25) is 5.10 Å². The molecule has 0 aliphatic heterocycles. The minimum Gasteiger partial charge on any atom is -0.348 e. The number of nitrogens with one attached hydrogen (secondary N) is 4. The Morgan fingerprint density at radius 3 is 2.81 bits per heavy atom. The van der Waals surface area contributed by atoms with Crippen molar-refractivity contribution in [1.82, 2.24) is 30.2 Å². The van der Waals surface area contributed by atoms with Gasteiger partial charge in [-0.2, -0.15) is 5.10 Å². The molecule has 8 nitrogen and oxygen atoms in total. The van der Waals surface area contributed by atoms with E-state index in [0.29, 0.717) is 25.1 Å². The Labute approximate surface area is 123 Å². The molecule has 2 aromatic heterocycles. The molecule has 0 bridgehead atoms. The summed E-state index contributed by atoms with van der Waals surface area (Å²) >= 11 is 0. The number of hydrogen-bond acceptors (Lipinski definition) is 5. The van der Waals surface area contributed by atoms with Gasteiger partial charge >= 0.3 is 0 Å². The molecule has 4 N–H and O–H groups in total. The van der Waals surface area contributed by atoms with Crippen molar-refractivity contribution >= 4 is 10.0 Å². The summed E-state index contributed by atoms with van der Waals surface area (Å²) in [5.41, 5.74) is 1.50. The molecule has 0 unspecified atom stereocenters. The minimum atomic E-state index is -3.59. The van der Waals surface area contributed by atoms with Crippen LogP contribution in [0.4, 0.5) is 0 Å². The summed E-state index contributed by atoms with van der Waals surface area (Å²) in [6, 6.07) is 0.267. The Kier molecular flexibility index (Phi) is 5.10. The van der Waals surface area contributed by atoms with E-state index in [9.17, 15) is 8.42 Å². The molecule has 21 heavy (non-hydrogen) atoms. The van der Waals surface area contributed by atoms with Crippen molar-refractivity contribution in [3.8, 4) is 0 Å². The largest absolute Gasteiger partial charge is 0.348 e. The normalized spacial score (nSPS) is 12.1. The van der Waals surface area contributed by atoms with Crippen molar-refractivity contribution in [3.63, 3.8) is 0 Å². The summed E-state index contributed by atoms with van der Waals surface area (Å²) in [5, 5.41) is 9.66. The molecule has 0 aliphatic carbocycles. The van der Waals surface area contributed by atoms with Crippen LogP contribution in [-0.2, 0) is 23.0 Å². The molecule has 0 fully saturated rings. The highest BCUT2D eigenvalue weighted by Gasteiger charge is 2.20. The van der Waals surface area contributed by atoms with E-state index in [-0.39, 0.29) is 11.1 Å². The van der Waals surface area contributed by atoms with E-state index < -0.39 is 10.0 Å². The van der Waals surface area contributed by atoms with E-state index in [4.69, 9.17) is 0 Å². The van der Waals surface area contributed by atoms with Crippen LogP contribution in [0.2, 0.25) is 0 Å². The topological polar surface area (TPSA) is 116 Å². The van der Waals surface area contributed by atoms with Gasteiger partial charge in [0.2, 0.25) is 0 Å². The van der Waals surface area contributed by atoms with Gasteiger partial charge in [-0.1, -0.05) is 13.8 Å². The number of nitrogens with zero attached hydrogens (tertiary/aromatic N) is 2.